The van der Waals surface area contributed by atoms with Gasteiger partial charge in [-0.15, -0.1) is 0 Å². The van der Waals surface area contributed by atoms with Crippen LogP contribution in [0.2, 0.25) is 0 Å². The van der Waals surface area contributed by atoms with Gasteiger partial charge >= 0.3 is 5.97 Å². The van der Waals surface area contributed by atoms with Crippen LogP contribution < -0.4 is 4.74 Å². The van der Waals surface area contributed by atoms with Crippen molar-refractivity contribution in [3.63, 3.8) is 0 Å². The van der Waals surface area contributed by atoms with Gasteiger partial charge in [-0.2, -0.15) is 0 Å². The number of hydrogen-bond donors (Lipinski definition) is 0. The third-order valence-electron chi connectivity index (χ3n) is 1.25. The number of rotatable bonds is 2. The summed E-state index contributed by atoms with van der Waals surface area (Å²) in [6.45, 7) is 1.31. The number of halogens is 2. The van der Waals surface area contributed by atoms with E-state index in [1.807, 2.05) is 0 Å². The maximum Gasteiger partial charge on any atom is 0.308 e. The number of pyridine rings is 1. The van der Waals surface area contributed by atoms with E-state index in [1.165, 1.54) is 19.3 Å². The van der Waals surface area contributed by atoms with E-state index in [2.05, 4.69) is 4.98 Å². The molecule has 0 amide bonds. The first kappa shape index (κ1) is 10.3. The zero-order chi connectivity index (χ0) is 9.84. The molecule has 0 unspecified atom stereocenters. The average Bonchev–Trinajstić information content (AvgIpc) is 2.03. The van der Waals surface area contributed by atoms with Gasteiger partial charge in [-0.1, -0.05) is 23.2 Å². The molecular weight excluding hydrogens is 213 g/mol. The normalized spacial score (nSPS) is 10.2. The van der Waals surface area contributed by atoms with Gasteiger partial charge in [0.15, 0.2) is 0 Å². The van der Waals surface area contributed by atoms with Crippen LogP contribution >= 0.6 is 23.2 Å². The Labute approximate surface area is 85.6 Å². The van der Waals surface area contributed by atoms with Crippen molar-refractivity contribution in [2.45, 2.75) is 11.8 Å². The molecule has 0 aliphatic heterocycles. The average molecular weight is 220 g/mol. The minimum absolute atomic E-state index is 0.344. The molecule has 70 valence electrons. The van der Waals surface area contributed by atoms with Crippen LogP contribution in [-0.2, 0) is 4.79 Å². The predicted octanol–water partition coefficient (Wildman–Crippen LogP) is 2.48. The number of ether oxygens (including phenoxy) is 1. The first-order valence-corrected chi connectivity index (χ1v) is 4.38. The smallest absolute Gasteiger partial charge is 0.308 e. The van der Waals surface area contributed by atoms with Gasteiger partial charge in [0.1, 0.15) is 10.6 Å². The maximum absolute atomic E-state index is 10.6. The fourth-order valence-corrected chi connectivity index (χ4v) is 1.02. The molecule has 0 fully saturated rings. The van der Waals surface area contributed by atoms with Crippen LogP contribution in [0.4, 0.5) is 0 Å². The topological polar surface area (TPSA) is 39.2 Å². The lowest BCUT2D eigenvalue weighted by atomic mass is 10.3. The number of carbonyl (C=O) groups excluding carboxylic acids is 1. The number of alkyl halides is 2. The van der Waals surface area contributed by atoms with Crippen molar-refractivity contribution in [1.82, 2.24) is 4.98 Å². The molecule has 0 saturated carbocycles. The lowest BCUT2D eigenvalue weighted by Gasteiger charge is -2.03. The molecule has 0 bridgehead atoms. The largest absolute Gasteiger partial charge is 0.425 e. The van der Waals surface area contributed by atoms with Gasteiger partial charge in [0.2, 0.25) is 0 Å². The van der Waals surface area contributed by atoms with Gasteiger partial charge < -0.3 is 4.74 Å². The number of nitrogens with zero attached hydrogens (tertiary/aromatic N) is 1. The highest BCUT2D eigenvalue weighted by Gasteiger charge is 2.06. The molecule has 0 spiro atoms. The minimum atomic E-state index is -0.664. The molecule has 1 rings (SSSR count). The second-order valence-corrected chi connectivity index (χ2v) is 3.44. The third-order valence-corrected chi connectivity index (χ3v) is 1.75. The molecule has 5 heteroatoms. The molecule has 1 aromatic rings. The van der Waals surface area contributed by atoms with E-state index in [9.17, 15) is 4.79 Å². The molecule has 0 aliphatic rings. The molecule has 0 atom stereocenters. The van der Waals surface area contributed by atoms with Crippen molar-refractivity contribution < 1.29 is 9.53 Å². The quantitative estimate of drug-likeness (QED) is 0.567. The highest BCUT2D eigenvalue weighted by molar-refractivity contribution is 6.44. The van der Waals surface area contributed by atoms with Crippen molar-refractivity contribution in [1.29, 1.82) is 0 Å². The molecule has 1 aromatic heterocycles. The summed E-state index contributed by atoms with van der Waals surface area (Å²) in [5, 5.41) is 0. The van der Waals surface area contributed by atoms with Crippen molar-refractivity contribution in [3.8, 4) is 5.75 Å². The Kier molecular flexibility index (Phi) is 3.51. The van der Waals surface area contributed by atoms with Crippen molar-refractivity contribution in [2.24, 2.45) is 0 Å². The lowest BCUT2D eigenvalue weighted by molar-refractivity contribution is -0.131. The molecule has 13 heavy (non-hydrogen) atoms. The Hall–Kier alpha value is -0.800. The van der Waals surface area contributed by atoms with E-state index >= 15 is 0 Å². The van der Waals surface area contributed by atoms with Crippen LogP contribution in [0, 0.1) is 0 Å². The number of carbonyl (C=O) groups is 1. The van der Waals surface area contributed by atoms with Gasteiger partial charge in [0.25, 0.3) is 0 Å². The summed E-state index contributed by atoms with van der Waals surface area (Å²) < 4.78 is 4.79. The highest BCUT2D eigenvalue weighted by Crippen LogP contribution is 2.26. The number of hydrogen-bond acceptors (Lipinski definition) is 3. The second kappa shape index (κ2) is 4.44. The lowest BCUT2D eigenvalue weighted by Crippen LogP contribution is -2.02. The first-order valence-electron chi connectivity index (χ1n) is 3.51. The van der Waals surface area contributed by atoms with Crippen LogP contribution in [0.1, 0.15) is 17.3 Å². The van der Waals surface area contributed by atoms with Crippen molar-refractivity contribution in [2.75, 3.05) is 0 Å². The third kappa shape index (κ3) is 3.20. The molecule has 0 aliphatic carbocycles. The monoisotopic (exact) mass is 219 g/mol. The summed E-state index contributed by atoms with van der Waals surface area (Å²) in [4.78, 5) is 13.7. The second-order valence-electron chi connectivity index (χ2n) is 2.35. The van der Waals surface area contributed by atoms with E-state index in [1.54, 1.807) is 6.07 Å². The Morgan fingerprint density at radius 1 is 1.54 bits per heavy atom. The van der Waals surface area contributed by atoms with Gasteiger partial charge in [-0.3, -0.25) is 9.78 Å². The standard InChI is InChI=1S/C8H7Cl2NO2/c1-5(12)13-7-2-6(8(9)10)3-11-4-7/h2-4,8H,1H3. The zero-order valence-electron chi connectivity index (χ0n) is 6.83. The summed E-state index contributed by atoms with van der Waals surface area (Å²) in [5.41, 5.74) is 0.599. The molecule has 0 N–H and O–H groups in total. The van der Waals surface area contributed by atoms with Crippen LogP contribution in [0.3, 0.4) is 0 Å². The van der Waals surface area contributed by atoms with Crippen molar-refractivity contribution in [3.05, 3.63) is 24.0 Å². The van der Waals surface area contributed by atoms with Crippen LogP contribution in [0.15, 0.2) is 18.5 Å². The van der Waals surface area contributed by atoms with Gasteiger partial charge in [0, 0.05) is 18.7 Å². The Morgan fingerprint density at radius 2 is 2.23 bits per heavy atom. The molecule has 1 heterocycles. The maximum atomic E-state index is 10.6. The summed E-state index contributed by atoms with van der Waals surface area (Å²) in [6, 6.07) is 1.57. The fourth-order valence-electron chi connectivity index (χ4n) is 0.777. The summed E-state index contributed by atoms with van der Waals surface area (Å²) in [6.07, 6.45) is 2.93. The number of aromatic nitrogens is 1. The molecule has 0 aromatic carbocycles. The fraction of sp³-hybridized carbons (Fsp3) is 0.250. The van der Waals surface area contributed by atoms with Crippen LogP contribution in [0.25, 0.3) is 0 Å². The molecule has 0 radical (unpaired) electrons. The molecule has 3 nitrogen and oxygen atoms in total. The van der Waals surface area contributed by atoms with E-state index in [4.69, 9.17) is 27.9 Å². The van der Waals surface area contributed by atoms with Crippen molar-refractivity contribution >= 4 is 29.2 Å². The summed E-state index contributed by atoms with van der Waals surface area (Å²) >= 11 is 11.2. The summed E-state index contributed by atoms with van der Waals surface area (Å²) in [7, 11) is 0. The van der Waals surface area contributed by atoms with E-state index in [0.717, 1.165) is 0 Å². The zero-order valence-corrected chi connectivity index (χ0v) is 8.34. The highest BCUT2D eigenvalue weighted by atomic mass is 35.5. The van der Waals surface area contributed by atoms with E-state index in [0.29, 0.717) is 11.3 Å². The minimum Gasteiger partial charge on any atom is -0.425 e. The van der Waals surface area contributed by atoms with E-state index in [-0.39, 0.29) is 0 Å². The Balaban J connectivity index is 2.85. The van der Waals surface area contributed by atoms with Gasteiger partial charge in [0.05, 0.1) is 6.20 Å². The van der Waals surface area contributed by atoms with Crippen LogP contribution in [0.5, 0.6) is 5.75 Å². The Morgan fingerprint density at radius 3 is 2.77 bits per heavy atom. The van der Waals surface area contributed by atoms with Gasteiger partial charge in [-0.05, 0) is 6.07 Å². The SMILES string of the molecule is CC(=O)Oc1cncc(C(Cl)Cl)c1. The predicted molar refractivity (Wildman–Crippen MR) is 50.0 cm³/mol. The Bertz CT molecular complexity index is 315. The first-order chi connectivity index (χ1) is 6.09. The molecule has 0 saturated heterocycles. The molecular formula is C8H7Cl2NO2. The van der Waals surface area contributed by atoms with Gasteiger partial charge in [-0.25, -0.2) is 0 Å². The summed E-state index contributed by atoms with van der Waals surface area (Å²) in [5.74, 6) is -0.0593. The number of esters is 1. The van der Waals surface area contributed by atoms with Crippen LogP contribution in [-0.4, -0.2) is 11.0 Å². The van der Waals surface area contributed by atoms with E-state index < -0.39 is 10.8 Å².